The van der Waals surface area contributed by atoms with E-state index in [1.165, 1.54) is 0 Å². The molecule has 0 aliphatic carbocycles. The van der Waals surface area contributed by atoms with Gasteiger partial charge in [-0.05, 0) is 31.7 Å². The van der Waals surface area contributed by atoms with E-state index < -0.39 is 11.7 Å². The van der Waals surface area contributed by atoms with Crippen molar-refractivity contribution in [3.8, 4) is 0 Å². The number of alkyl halides is 3. The number of nitrogens with two attached hydrogens (primary N) is 1. The van der Waals surface area contributed by atoms with Crippen molar-refractivity contribution in [1.82, 2.24) is 25.0 Å². The Hall–Kier alpha value is -2.85. The largest absolute Gasteiger partial charge is 0.417 e. The third kappa shape index (κ3) is 4.45. The molecule has 4 rings (SSSR count). The number of hydrogen-bond acceptors (Lipinski definition) is 5. The lowest BCUT2D eigenvalue weighted by atomic mass is 9.92. The van der Waals surface area contributed by atoms with Gasteiger partial charge in [0.2, 0.25) is 11.8 Å². The van der Waals surface area contributed by atoms with Gasteiger partial charge >= 0.3 is 6.18 Å². The van der Waals surface area contributed by atoms with Crippen LogP contribution in [-0.4, -0.2) is 63.0 Å². The van der Waals surface area contributed by atoms with Crippen LogP contribution in [-0.2, 0) is 15.8 Å². The summed E-state index contributed by atoms with van der Waals surface area (Å²) in [5.74, 6) is -0.719. The molecular weight excluding hydrogens is 413 g/mol. The summed E-state index contributed by atoms with van der Waals surface area (Å²) in [5.41, 5.74) is 4.92. The van der Waals surface area contributed by atoms with Crippen LogP contribution in [0.25, 0.3) is 11.0 Å². The lowest BCUT2D eigenvalue weighted by Gasteiger charge is -2.34. The Labute approximate surface area is 177 Å². The van der Waals surface area contributed by atoms with E-state index >= 15 is 0 Å². The van der Waals surface area contributed by atoms with E-state index in [0.29, 0.717) is 32.4 Å². The smallest absolute Gasteiger partial charge is 0.383 e. The van der Waals surface area contributed by atoms with E-state index in [1.54, 1.807) is 9.80 Å². The molecule has 8 nitrogen and oxygen atoms in total. The molecule has 2 aliphatic heterocycles. The molecule has 2 fully saturated rings. The molecule has 3 N–H and O–H groups in total. The maximum atomic E-state index is 13.6. The molecule has 2 aromatic heterocycles. The topological polar surface area (TPSA) is 108 Å². The number of halogens is 3. The van der Waals surface area contributed by atoms with E-state index in [1.807, 2.05) is 0 Å². The molecule has 168 valence electrons. The van der Waals surface area contributed by atoms with Crippen molar-refractivity contribution < 1.29 is 22.8 Å². The molecule has 2 aromatic rings. The number of rotatable bonds is 3. The summed E-state index contributed by atoms with van der Waals surface area (Å²) in [6.07, 6.45) is -0.217. The van der Waals surface area contributed by atoms with Gasteiger partial charge in [0.05, 0.1) is 17.5 Å². The summed E-state index contributed by atoms with van der Waals surface area (Å²) in [6, 6.07) is 1.02. The van der Waals surface area contributed by atoms with E-state index in [0.717, 1.165) is 25.3 Å². The normalized spacial score (nSPS) is 20.9. The molecule has 2 amide bonds. The molecule has 11 heteroatoms. The second-order valence-corrected chi connectivity index (χ2v) is 8.23. The number of nitrogen functional groups attached to an aromatic ring is 1. The first kappa shape index (κ1) is 21.4. The summed E-state index contributed by atoms with van der Waals surface area (Å²) in [6.45, 7) is 1.36. The van der Waals surface area contributed by atoms with Crippen LogP contribution >= 0.6 is 0 Å². The zero-order chi connectivity index (χ0) is 22.2. The highest BCUT2D eigenvalue weighted by molar-refractivity contribution is 5.90. The number of carbonyl (C=O) groups is 2. The Morgan fingerprint density at radius 2 is 2.03 bits per heavy atom. The SMILES string of the molecule is Nc1[nH]nc2nc([C@@H]3CCCN(C(=O)CN4CCCCCC4=O)C3)cc(C(F)(F)F)c12. The van der Waals surface area contributed by atoms with Crippen LogP contribution in [0.3, 0.4) is 0 Å². The number of nitrogens with one attached hydrogen (secondary N) is 1. The standard InChI is InChI=1S/C20H25F3N6O2/c21-20(22,23)13-9-14(25-19-17(13)18(24)26-27-19)12-5-4-8-28(10-12)16(31)11-29-7-3-1-2-6-15(29)30/h9,12H,1-8,10-11H2,(H3,24,25,26,27)/t12-/m1/s1. The van der Waals surface area contributed by atoms with Gasteiger partial charge in [0.25, 0.3) is 0 Å². The van der Waals surface area contributed by atoms with Crippen LogP contribution in [0, 0.1) is 0 Å². The van der Waals surface area contributed by atoms with Crippen LogP contribution in [0.4, 0.5) is 19.0 Å². The van der Waals surface area contributed by atoms with Crippen LogP contribution in [0.2, 0.25) is 0 Å². The first-order valence-electron chi connectivity index (χ1n) is 10.5. The number of carbonyl (C=O) groups excluding carboxylic acids is 2. The minimum atomic E-state index is -4.61. The highest BCUT2D eigenvalue weighted by Gasteiger charge is 2.37. The number of hydrogen-bond donors (Lipinski definition) is 2. The maximum absolute atomic E-state index is 13.6. The minimum absolute atomic E-state index is 0.0156. The fourth-order valence-electron chi connectivity index (χ4n) is 4.41. The molecule has 1 atom stereocenters. The van der Waals surface area contributed by atoms with Crippen LogP contribution in [0.5, 0.6) is 0 Å². The molecular formula is C20H25F3N6O2. The molecule has 2 aliphatic rings. The first-order chi connectivity index (χ1) is 14.7. The number of aromatic nitrogens is 3. The molecule has 0 spiro atoms. The van der Waals surface area contributed by atoms with E-state index in [9.17, 15) is 22.8 Å². The van der Waals surface area contributed by atoms with Crippen molar-refractivity contribution in [2.45, 2.75) is 50.6 Å². The number of amides is 2. The Kier molecular flexibility index (Phi) is 5.76. The molecule has 4 heterocycles. The number of anilines is 1. The molecule has 0 radical (unpaired) electrons. The fraction of sp³-hybridized carbons (Fsp3) is 0.600. The highest BCUT2D eigenvalue weighted by Crippen LogP contribution is 2.38. The predicted molar refractivity (Wildman–Crippen MR) is 107 cm³/mol. The number of fused-ring (bicyclic) bond motifs is 1. The predicted octanol–water partition coefficient (Wildman–Crippen LogP) is 2.67. The zero-order valence-electron chi connectivity index (χ0n) is 17.0. The number of aromatic amines is 1. The van der Waals surface area contributed by atoms with Crippen molar-refractivity contribution in [3.05, 3.63) is 17.3 Å². The lowest BCUT2D eigenvalue weighted by molar-refractivity contribution is -0.141. The van der Waals surface area contributed by atoms with Crippen molar-refractivity contribution in [3.63, 3.8) is 0 Å². The average molecular weight is 438 g/mol. The molecule has 0 bridgehead atoms. The van der Waals surface area contributed by atoms with Gasteiger partial charge in [-0.3, -0.25) is 14.7 Å². The lowest BCUT2D eigenvalue weighted by Crippen LogP contribution is -2.46. The van der Waals surface area contributed by atoms with Crippen LogP contribution < -0.4 is 5.73 Å². The van der Waals surface area contributed by atoms with Gasteiger partial charge < -0.3 is 15.5 Å². The Morgan fingerprint density at radius 1 is 1.23 bits per heavy atom. The second-order valence-electron chi connectivity index (χ2n) is 8.23. The van der Waals surface area contributed by atoms with Gasteiger partial charge in [0, 0.05) is 37.7 Å². The number of piperidine rings is 1. The van der Waals surface area contributed by atoms with E-state index in [4.69, 9.17) is 5.73 Å². The minimum Gasteiger partial charge on any atom is -0.383 e. The monoisotopic (exact) mass is 438 g/mol. The first-order valence-corrected chi connectivity index (χ1v) is 10.5. The molecule has 0 unspecified atom stereocenters. The van der Waals surface area contributed by atoms with Gasteiger partial charge in [0.15, 0.2) is 5.65 Å². The summed E-state index contributed by atoms with van der Waals surface area (Å²) >= 11 is 0. The van der Waals surface area contributed by atoms with Crippen molar-refractivity contribution in [1.29, 1.82) is 0 Å². The van der Waals surface area contributed by atoms with Crippen molar-refractivity contribution in [2.75, 3.05) is 31.9 Å². The van der Waals surface area contributed by atoms with E-state index in [2.05, 4.69) is 15.2 Å². The number of likely N-dealkylation sites (tertiary alicyclic amines) is 2. The molecule has 2 saturated heterocycles. The van der Waals surface area contributed by atoms with Crippen molar-refractivity contribution in [2.24, 2.45) is 0 Å². The van der Waals surface area contributed by atoms with Gasteiger partial charge in [0.1, 0.15) is 5.82 Å². The van der Waals surface area contributed by atoms with Gasteiger partial charge in [-0.15, -0.1) is 0 Å². The third-order valence-corrected chi connectivity index (χ3v) is 6.07. The van der Waals surface area contributed by atoms with Crippen LogP contribution in [0.15, 0.2) is 6.07 Å². The summed E-state index contributed by atoms with van der Waals surface area (Å²) in [4.78, 5) is 32.6. The molecule has 0 saturated carbocycles. The Balaban J connectivity index is 1.54. The summed E-state index contributed by atoms with van der Waals surface area (Å²) in [5, 5.41) is 5.94. The highest BCUT2D eigenvalue weighted by atomic mass is 19.4. The van der Waals surface area contributed by atoms with Gasteiger partial charge in [-0.1, -0.05) is 6.42 Å². The zero-order valence-corrected chi connectivity index (χ0v) is 17.0. The maximum Gasteiger partial charge on any atom is 0.417 e. The number of pyridine rings is 1. The quantitative estimate of drug-likeness (QED) is 0.766. The number of nitrogens with zero attached hydrogens (tertiary/aromatic N) is 4. The average Bonchev–Trinajstić information content (AvgIpc) is 2.99. The third-order valence-electron chi connectivity index (χ3n) is 6.07. The summed E-state index contributed by atoms with van der Waals surface area (Å²) in [7, 11) is 0. The Bertz CT molecular complexity index is 989. The van der Waals surface area contributed by atoms with Crippen LogP contribution in [0.1, 0.15) is 55.7 Å². The fourth-order valence-corrected chi connectivity index (χ4v) is 4.41. The Morgan fingerprint density at radius 3 is 2.81 bits per heavy atom. The molecule has 31 heavy (non-hydrogen) atoms. The number of H-pyrrole nitrogens is 1. The van der Waals surface area contributed by atoms with Gasteiger partial charge in [-0.25, -0.2) is 4.98 Å². The van der Waals surface area contributed by atoms with Gasteiger partial charge in [-0.2, -0.15) is 18.3 Å². The second kappa shape index (κ2) is 8.35. The van der Waals surface area contributed by atoms with E-state index in [-0.39, 0.29) is 53.4 Å². The molecule has 0 aromatic carbocycles. The summed E-state index contributed by atoms with van der Waals surface area (Å²) < 4.78 is 40.9. The van der Waals surface area contributed by atoms with Crippen molar-refractivity contribution >= 4 is 28.7 Å².